The largest absolute Gasteiger partial charge is 0.495 e. The Bertz CT molecular complexity index is 977. The molecule has 0 aromatic heterocycles. The van der Waals surface area contributed by atoms with Crippen molar-refractivity contribution in [1.82, 2.24) is 4.31 Å². The number of carbonyl (C=O) groups excluding carboxylic acids is 2. The fourth-order valence-electron chi connectivity index (χ4n) is 2.44. The minimum Gasteiger partial charge on any atom is -0.495 e. The lowest BCUT2D eigenvalue weighted by Crippen LogP contribution is -2.38. The fourth-order valence-corrected chi connectivity index (χ4v) is 4.01. The van der Waals surface area contributed by atoms with Crippen molar-refractivity contribution in [3.63, 3.8) is 0 Å². The number of rotatable bonds is 8. The van der Waals surface area contributed by atoms with Crippen molar-refractivity contribution in [2.24, 2.45) is 5.73 Å². The smallest absolute Gasteiger partial charge is 0.248 e. The highest BCUT2D eigenvalue weighted by Crippen LogP contribution is 2.27. The second kappa shape index (κ2) is 8.81. The van der Waals surface area contributed by atoms with E-state index in [1.54, 1.807) is 6.92 Å². The van der Waals surface area contributed by atoms with E-state index in [4.69, 9.17) is 10.5 Å². The summed E-state index contributed by atoms with van der Waals surface area (Å²) in [5.74, 6) is -1.98. The summed E-state index contributed by atoms with van der Waals surface area (Å²) >= 11 is 0. The molecule has 0 radical (unpaired) electrons. The summed E-state index contributed by atoms with van der Waals surface area (Å²) < 4.78 is 45.2. The van der Waals surface area contributed by atoms with Gasteiger partial charge >= 0.3 is 0 Å². The van der Waals surface area contributed by atoms with Crippen LogP contribution >= 0.6 is 0 Å². The first kappa shape index (κ1) is 21.3. The zero-order chi connectivity index (χ0) is 20.9. The Hall–Kier alpha value is -2.98. The second-order valence-electron chi connectivity index (χ2n) is 5.72. The van der Waals surface area contributed by atoms with Gasteiger partial charge < -0.3 is 15.8 Å². The quantitative estimate of drug-likeness (QED) is 0.686. The van der Waals surface area contributed by atoms with E-state index in [1.807, 2.05) is 0 Å². The first-order valence-electron chi connectivity index (χ1n) is 8.22. The van der Waals surface area contributed by atoms with Crippen LogP contribution in [0.4, 0.5) is 10.1 Å². The van der Waals surface area contributed by atoms with Gasteiger partial charge in [-0.15, -0.1) is 0 Å². The van der Waals surface area contributed by atoms with Gasteiger partial charge in [0, 0.05) is 17.8 Å². The third-order valence-electron chi connectivity index (χ3n) is 3.87. The number of primary amides is 1. The van der Waals surface area contributed by atoms with E-state index in [2.05, 4.69) is 5.32 Å². The summed E-state index contributed by atoms with van der Waals surface area (Å²) in [6.07, 6.45) is 0. The Morgan fingerprint density at radius 2 is 1.82 bits per heavy atom. The van der Waals surface area contributed by atoms with Gasteiger partial charge in [-0.2, -0.15) is 4.31 Å². The molecule has 0 heterocycles. The molecule has 0 aliphatic carbocycles. The second-order valence-corrected chi connectivity index (χ2v) is 7.62. The lowest BCUT2D eigenvalue weighted by molar-refractivity contribution is -0.116. The van der Waals surface area contributed by atoms with Crippen molar-refractivity contribution in [3.05, 3.63) is 53.8 Å². The van der Waals surface area contributed by atoms with E-state index in [9.17, 15) is 22.4 Å². The molecule has 0 aliphatic rings. The highest BCUT2D eigenvalue weighted by molar-refractivity contribution is 7.89. The summed E-state index contributed by atoms with van der Waals surface area (Å²) in [7, 11) is -2.91. The van der Waals surface area contributed by atoms with Crippen LogP contribution in [0.5, 0.6) is 5.75 Å². The van der Waals surface area contributed by atoms with E-state index in [-0.39, 0.29) is 22.8 Å². The van der Waals surface area contributed by atoms with Crippen molar-refractivity contribution in [1.29, 1.82) is 0 Å². The van der Waals surface area contributed by atoms with Crippen LogP contribution in [-0.4, -0.2) is 44.7 Å². The number of carbonyl (C=O) groups is 2. The molecule has 0 unspecified atom stereocenters. The summed E-state index contributed by atoms with van der Waals surface area (Å²) in [4.78, 5) is 23.0. The number of sulfonamides is 1. The number of halogens is 1. The molecule has 0 aliphatic heterocycles. The Kier molecular flexibility index (Phi) is 6.71. The van der Waals surface area contributed by atoms with Crippen LogP contribution in [0.2, 0.25) is 0 Å². The minimum atomic E-state index is -4.18. The molecule has 0 bridgehead atoms. The summed E-state index contributed by atoms with van der Waals surface area (Å²) in [5.41, 5.74) is 5.79. The van der Waals surface area contributed by atoms with Crippen LogP contribution in [0, 0.1) is 5.82 Å². The van der Waals surface area contributed by atoms with Gasteiger partial charge in [0.25, 0.3) is 0 Å². The van der Waals surface area contributed by atoms with Crippen LogP contribution in [0.1, 0.15) is 17.3 Å². The van der Waals surface area contributed by atoms with Gasteiger partial charge in [0.1, 0.15) is 16.5 Å². The fraction of sp³-hybridized carbons (Fsp3) is 0.222. The molecular weight excluding hydrogens is 389 g/mol. The van der Waals surface area contributed by atoms with Crippen LogP contribution in [-0.2, 0) is 14.8 Å². The molecule has 10 heteroatoms. The van der Waals surface area contributed by atoms with Crippen molar-refractivity contribution >= 4 is 27.5 Å². The van der Waals surface area contributed by atoms with Crippen LogP contribution in [0.3, 0.4) is 0 Å². The Morgan fingerprint density at radius 3 is 2.36 bits per heavy atom. The molecule has 2 amide bonds. The normalized spacial score (nSPS) is 11.3. The zero-order valence-electron chi connectivity index (χ0n) is 15.3. The van der Waals surface area contributed by atoms with E-state index in [1.165, 1.54) is 37.4 Å². The molecule has 0 spiro atoms. The van der Waals surface area contributed by atoms with Crippen LogP contribution in [0.25, 0.3) is 0 Å². The molecule has 0 atom stereocenters. The topological polar surface area (TPSA) is 119 Å². The number of anilines is 1. The maximum absolute atomic E-state index is 13.6. The minimum absolute atomic E-state index is 0.0178. The van der Waals surface area contributed by atoms with Crippen molar-refractivity contribution in [2.75, 3.05) is 25.5 Å². The molecule has 3 N–H and O–H groups in total. The number of hydrogen-bond donors (Lipinski definition) is 2. The lowest BCUT2D eigenvalue weighted by Gasteiger charge is -2.21. The zero-order valence-corrected chi connectivity index (χ0v) is 16.1. The number of hydrogen-bond acceptors (Lipinski definition) is 5. The first-order chi connectivity index (χ1) is 13.2. The van der Waals surface area contributed by atoms with Crippen molar-refractivity contribution in [3.8, 4) is 5.75 Å². The Balaban J connectivity index is 2.19. The summed E-state index contributed by atoms with van der Waals surface area (Å²) in [5, 5.41) is 2.53. The van der Waals surface area contributed by atoms with E-state index >= 15 is 0 Å². The Labute approximate surface area is 162 Å². The van der Waals surface area contributed by atoms with Gasteiger partial charge in [-0.1, -0.05) is 6.92 Å². The Morgan fingerprint density at radius 1 is 1.18 bits per heavy atom. The summed E-state index contributed by atoms with van der Waals surface area (Å²) in [6, 6.07) is 8.94. The third kappa shape index (κ3) is 4.84. The van der Waals surface area contributed by atoms with Gasteiger partial charge in [-0.25, -0.2) is 12.8 Å². The van der Waals surface area contributed by atoms with Gasteiger partial charge in [0.2, 0.25) is 21.8 Å². The number of nitrogens with two attached hydrogens (primary N) is 1. The van der Waals surface area contributed by atoms with Crippen LogP contribution < -0.4 is 15.8 Å². The predicted octanol–water partition coefficient (Wildman–Crippen LogP) is 1.58. The van der Waals surface area contributed by atoms with Crippen molar-refractivity contribution in [2.45, 2.75) is 11.8 Å². The highest BCUT2D eigenvalue weighted by atomic mass is 32.2. The molecule has 28 heavy (non-hydrogen) atoms. The first-order valence-corrected chi connectivity index (χ1v) is 9.66. The maximum Gasteiger partial charge on any atom is 0.248 e. The van der Waals surface area contributed by atoms with Crippen LogP contribution in [0.15, 0.2) is 47.4 Å². The number of ether oxygens (including phenoxy) is 1. The van der Waals surface area contributed by atoms with Gasteiger partial charge in [0.15, 0.2) is 0 Å². The predicted molar refractivity (Wildman–Crippen MR) is 101 cm³/mol. The molecule has 0 fully saturated rings. The van der Waals surface area contributed by atoms with E-state index in [0.29, 0.717) is 5.69 Å². The standard InChI is InChI=1S/C18H20FN3O5S/c1-3-22(28(25,26)16-10-13(19)6-9-15(16)27-2)11-17(23)21-14-7-4-12(5-8-14)18(20)24/h4-10H,3,11H2,1-2H3,(H2,20,24)(H,21,23). The summed E-state index contributed by atoms with van der Waals surface area (Å²) in [6.45, 7) is 1.05. The average Bonchev–Trinajstić information content (AvgIpc) is 2.66. The number of likely N-dealkylation sites (N-methyl/N-ethyl adjacent to an activating group) is 1. The van der Waals surface area contributed by atoms with Crippen molar-refractivity contribution < 1.29 is 27.1 Å². The molecule has 2 rings (SSSR count). The number of nitrogens with one attached hydrogen (secondary N) is 1. The number of nitrogens with zero attached hydrogens (tertiary/aromatic N) is 1. The molecule has 0 saturated carbocycles. The maximum atomic E-state index is 13.6. The van der Waals surface area contributed by atoms with E-state index < -0.39 is 34.2 Å². The number of amides is 2. The monoisotopic (exact) mass is 409 g/mol. The molecule has 2 aromatic carbocycles. The molecule has 0 saturated heterocycles. The van der Waals surface area contributed by atoms with Gasteiger partial charge in [-0.3, -0.25) is 9.59 Å². The lowest BCUT2D eigenvalue weighted by atomic mass is 10.2. The van der Waals surface area contributed by atoms with Gasteiger partial charge in [0.05, 0.1) is 13.7 Å². The highest BCUT2D eigenvalue weighted by Gasteiger charge is 2.29. The third-order valence-corrected chi connectivity index (χ3v) is 5.81. The molecule has 150 valence electrons. The van der Waals surface area contributed by atoms with Gasteiger partial charge in [-0.05, 0) is 42.5 Å². The number of benzene rings is 2. The van der Waals surface area contributed by atoms with E-state index in [0.717, 1.165) is 16.4 Å². The SMILES string of the molecule is CCN(CC(=O)Nc1ccc(C(N)=O)cc1)S(=O)(=O)c1cc(F)ccc1OC. The molecular formula is C18H20FN3O5S. The number of methoxy groups -OCH3 is 1. The molecule has 2 aromatic rings. The average molecular weight is 409 g/mol. The molecule has 8 nitrogen and oxygen atoms in total.